The summed E-state index contributed by atoms with van der Waals surface area (Å²) in [5, 5.41) is 17.6. The Morgan fingerprint density at radius 2 is 1.82 bits per heavy atom. The molecule has 0 aliphatic rings. The molecule has 33 heavy (non-hydrogen) atoms. The fourth-order valence-electron chi connectivity index (χ4n) is 3.23. The third-order valence-corrected chi connectivity index (χ3v) is 5.17. The van der Waals surface area contributed by atoms with Crippen molar-refractivity contribution in [2.75, 3.05) is 17.7 Å². The number of hydrogen-bond donors (Lipinski definition) is 2. The van der Waals surface area contributed by atoms with Gasteiger partial charge in [0, 0.05) is 44.0 Å². The van der Waals surface area contributed by atoms with Crippen molar-refractivity contribution < 1.29 is 14.5 Å². The lowest BCUT2D eigenvalue weighted by atomic mass is 10.1. The van der Waals surface area contributed by atoms with Crippen molar-refractivity contribution in [2.24, 2.45) is 0 Å². The van der Waals surface area contributed by atoms with Crippen LogP contribution in [0.4, 0.5) is 17.1 Å². The van der Waals surface area contributed by atoms with Gasteiger partial charge >= 0.3 is 0 Å². The Balaban J connectivity index is 1.82. The Hall–Kier alpha value is -4.27. The summed E-state index contributed by atoms with van der Waals surface area (Å²) in [6.07, 6.45) is 1.65. The van der Waals surface area contributed by atoms with Gasteiger partial charge in [0.05, 0.1) is 16.7 Å². The number of nitro groups is 1. The Morgan fingerprint density at radius 1 is 1.09 bits per heavy atom. The number of anilines is 2. The first-order chi connectivity index (χ1) is 15.8. The number of carbonyl (C=O) groups excluding carboxylic acids is 2. The lowest BCUT2D eigenvalue weighted by molar-refractivity contribution is -0.384. The van der Waals surface area contributed by atoms with Crippen LogP contribution >= 0.6 is 0 Å². The highest BCUT2D eigenvalue weighted by molar-refractivity contribution is 6.05. The molecule has 2 aromatic carbocycles. The first-order valence-corrected chi connectivity index (χ1v) is 10.3. The van der Waals surface area contributed by atoms with E-state index in [1.165, 1.54) is 30.0 Å². The molecule has 0 radical (unpaired) electrons. The van der Waals surface area contributed by atoms with Gasteiger partial charge in [0.1, 0.15) is 5.69 Å². The molecule has 0 saturated heterocycles. The first kappa shape index (κ1) is 23.4. The minimum absolute atomic E-state index is 0.102. The van der Waals surface area contributed by atoms with Crippen LogP contribution in [0.15, 0.2) is 66.9 Å². The Labute approximate surface area is 191 Å². The number of carbonyl (C=O) groups is 2. The van der Waals surface area contributed by atoms with Gasteiger partial charge in [-0.2, -0.15) is 0 Å². The average Bonchev–Trinajstić information content (AvgIpc) is 2.80. The van der Waals surface area contributed by atoms with E-state index in [9.17, 15) is 19.7 Å². The van der Waals surface area contributed by atoms with E-state index in [0.717, 1.165) is 11.3 Å². The van der Waals surface area contributed by atoms with Crippen LogP contribution in [0.5, 0.6) is 0 Å². The van der Waals surface area contributed by atoms with E-state index in [-0.39, 0.29) is 28.9 Å². The van der Waals surface area contributed by atoms with Gasteiger partial charge in [-0.15, -0.1) is 0 Å². The number of nitro benzene ring substituents is 1. The fourth-order valence-corrected chi connectivity index (χ4v) is 3.23. The predicted molar refractivity (Wildman–Crippen MR) is 126 cm³/mol. The number of hydrogen-bond acceptors (Lipinski definition) is 6. The number of pyridine rings is 1. The molecule has 2 amide bonds. The van der Waals surface area contributed by atoms with Gasteiger partial charge < -0.3 is 15.5 Å². The third kappa shape index (κ3) is 5.91. The van der Waals surface area contributed by atoms with Crippen molar-refractivity contribution in [1.29, 1.82) is 0 Å². The molecule has 0 aliphatic heterocycles. The molecule has 1 aromatic heterocycles. The highest BCUT2D eigenvalue weighted by Crippen LogP contribution is 2.29. The van der Waals surface area contributed by atoms with Gasteiger partial charge in [0.2, 0.25) is 5.91 Å². The Kier molecular flexibility index (Phi) is 7.34. The van der Waals surface area contributed by atoms with E-state index >= 15 is 0 Å². The summed E-state index contributed by atoms with van der Waals surface area (Å²) < 4.78 is 0. The number of rotatable bonds is 8. The summed E-state index contributed by atoms with van der Waals surface area (Å²) in [5.74, 6) is -0.588. The van der Waals surface area contributed by atoms with E-state index in [4.69, 9.17) is 0 Å². The van der Waals surface area contributed by atoms with Gasteiger partial charge in [-0.05, 0) is 42.8 Å². The minimum Gasteiger partial charge on any atom is -0.371 e. The van der Waals surface area contributed by atoms with E-state index in [0.29, 0.717) is 12.2 Å². The topological polar surface area (TPSA) is 117 Å². The van der Waals surface area contributed by atoms with E-state index in [1.807, 2.05) is 31.2 Å². The average molecular weight is 447 g/mol. The standard InChI is InChI=1S/C24H25N5O4/c1-16(20-9-6-7-13-25-20)26-22-12-11-18(14-23(22)29(32)33)24(31)27-21-10-5-4-8-19(21)15-28(3)17(2)30/h4-14,16,26H,15H2,1-3H3,(H,27,31). The fraction of sp³-hybridized carbons (Fsp3) is 0.208. The van der Waals surface area contributed by atoms with E-state index in [2.05, 4.69) is 15.6 Å². The Bertz CT molecular complexity index is 1170. The van der Waals surface area contributed by atoms with Crippen LogP contribution in [-0.4, -0.2) is 33.7 Å². The molecule has 1 atom stereocenters. The summed E-state index contributed by atoms with van der Waals surface area (Å²) >= 11 is 0. The van der Waals surface area contributed by atoms with Crippen LogP contribution in [-0.2, 0) is 11.3 Å². The highest BCUT2D eigenvalue weighted by Gasteiger charge is 2.20. The quantitative estimate of drug-likeness (QED) is 0.391. The number of amides is 2. The zero-order valence-electron chi connectivity index (χ0n) is 18.6. The SMILES string of the molecule is CC(=O)N(C)Cc1ccccc1NC(=O)c1ccc(NC(C)c2ccccn2)c([N+](=O)[O-])c1. The second-order valence-electron chi connectivity index (χ2n) is 7.60. The van der Waals surface area contributed by atoms with Gasteiger partial charge in [-0.3, -0.25) is 24.7 Å². The molecule has 9 nitrogen and oxygen atoms in total. The predicted octanol–water partition coefficient (Wildman–Crippen LogP) is 4.39. The molecule has 170 valence electrons. The van der Waals surface area contributed by atoms with Gasteiger partial charge in [0.25, 0.3) is 11.6 Å². The molecule has 9 heteroatoms. The summed E-state index contributed by atoms with van der Waals surface area (Å²) in [6.45, 7) is 3.63. The molecule has 1 heterocycles. The van der Waals surface area contributed by atoms with Gasteiger partial charge in [0.15, 0.2) is 0 Å². The summed E-state index contributed by atoms with van der Waals surface area (Å²) in [5.41, 5.74) is 2.24. The molecule has 3 aromatic rings. The molecule has 0 aliphatic carbocycles. The van der Waals surface area contributed by atoms with Crippen molar-refractivity contribution in [2.45, 2.75) is 26.4 Å². The van der Waals surface area contributed by atoms with E-state index in [1.54, 1.807) is 31.4 Å². The zero-order valence-corrected chi connectivity index (χ0v) is 18.6. The van der Waals surface area contributed by atoms with Crippen LogP contribution in [0.1, 0.15) is 41.5 Å². The summed E-state index contributed by atoms with van der Waals surface area (Å²) in [7, 11) is 1.67. The normalized spacial score (nSPS) is 11.4. The van der Waals surface area contributed by atoms with Crippen LogP contribution in [0.2, 0.25) is 0 Å². The molecule has 3 rings (SSSR count). The van der Waals surface area contributed by atoms with Crippen molar-refractivity contribution in [3.8, 4) is 0 Å². The van der Waals surface area contributed by atoms with Gasteiger partial charge in [-0.25, -0.2) is 0 Å². The molecule has 0 fully saturated rings. The molecule has 1 unspecified atom stereocenters. The maximum atomic E-state index is 12.9. The zero-order chi connectivity index (χ0) is 24.0. The largest absolute Gasteiger partial charge is 0.371 e. The number of para-hydroxylation sites is 1. The lowest BCUT2D eigenvalue weighted by Crippen LogP contribution is -2.24. The monoisotopic (exact) mass is 447 g/mol. The lowest BCUT2D eigenvalue weighted by Gasteiger charge is -2.18. The summed E-state index contributed by atoms with van der Waals surface area (Å²) in [4.78, 5) is 41.4. The van der Waals surface area contributed by atoms with Crippen molar-refractivity contribution in [3.63, 3.8) is 0 Å². The molecular formula is C24H25N5O4. The maximum Gasteiger partial charge on any atom is 0.293 e. The smallest absolute Gasteiger partial charge is 0.293 e. The maximum absolute atomic E-state index is 12.9. The molecule has 0 saturated carbocycles. The number of nitrogens with one attached hydrogen (secondary N) is 2. The molecule has 2 N–H and O–H groups in total. The van der Waals surface area contributed by atoms with E-state index < -0.39 is 10.8 Å². The number of benzene rings is 2. The summed E-state index contributed by atoms with van der Waals surface area (Å²) in [6, 6.07) is 16.6. The van der Waals surface area contributed by atoms with Crippen molar-refractivity contribution >= 4 is 28.9 Å². The molecular weight excluding hydrogens is 422 g/mol. The highest BCUT2D eigenvalue weighted by atomic mass is 16.6. The minimum atomic E-state index is -0.528. The van der Waals surface area contributed by atoms with Crippen molar-refractivity contribution in [1.82, 2.24) is 9.88 Å². The van der Waals surface area contributed by atoms with Crippen molar-refractivity contribution in [3.05, 3.63) is 93.8 Å². The van der Waals surface area contributed by atoms with Crippen LogP contribution in [0.25, 0.3) is 0 Å². The van der Waals surface area contributed by atoms with Crippen LogP contribution < -0.4 is 10.6 Å². The van der Waals surface area contributed by atoms with Gasteiger partial charge in [-0.1, -0.05) is 24.3 Å². The second kappa shape index (κ2) is 10.4. The van der Waals surface area contributed by atoms with Crippen LogP contribution in [0.3, 0.4) is 0 Å². The first-order valence-electron chi connectivity index (χ1n) is 10.3. The second-order valence-corrected chi connectivity index (χ2v) is 7.60. The Morgan fingerprint density at radius 3 is 2.48 bits per heavy atom. The number of aromatic nitrogens is 1. The third-order valence-electron chi connectivity index (χ3n) is 5.17. The number of nitrogens with zero attached hydrogens (tertiary/aromatic N) is 3. The molecule has 0 spiro atoms. The van der Waals surface area contributed by atoms with Crippen LogP contribution in [0, 0.1) is 10.1 Å². The molecule has 0 bridgehead atoms.